The van der Waals surface area contributed by atoms with Crippen molar-refractivity contribution in [2.24, 2.45) is 0 Å². The Morgan fingerprint density at radius 3 is 3.00 bits per heavy atom. The highest BCUT2D eigenvalue weighted by molar-refractivity contribution is 5.10. The first-order valence-corrected chi connectivity index (χ1v) is 4.28. The average Bonchev–Trinajstić information content (AvgIpc) is 2.15. The van der Waals surface area contributed by atoms with E-state index in [0.717, 1.165) is 19.3 Å². The molecule has 0 atom stereocenters. The van der Waals surface area contributed by atoms with Crippen molar-refractivity contribution in [1.82, 2.24) is 10.3 Å². The van der Waals surface area contributed by atoms with Gasteiger partial charge in [-0.25, -0.2) is 9.37 Å². The Kier molecular flexibility index (Phi) is 4.18. The van der Waals surface area contributed by atoms with Gasteiger partial charge in [0.2, 0.25) is 5.88 Å². The first kappa shape index (κ1) is 9.92. The summed E-state index contributed by atoms with van der Waals surface area (Å²) in [6, 6.07) is 2.84. The fourth-order valence-electron chi connectivity index (χ4n) is 0.852. The molecule has 1 N–H and O–H groups in total. The molecule has 13 heavy (non-hydrogen) atoms. The third kappa shape index (κ3) is 3.85. The van der Waals surface area contributed by atoms with Gasteiger partial charge in [-0.05, 0) is 12.6 Å². The molecule has 0 fully saturated rings. The molecule has 1 heterocycles. The lowest BCUT2D eigenvalue weighted by atomic mass is 10.5. The quantitative estimate of drug-likeness (QED) is 0.698. The summed E-state index contributed by atoms with van der Waals surface area (Å²) in [7, 11) is 0. The van der Waals surface area contributed by atoms with Crippen LogP contribution in [-0.2, 0) is 0 Å². The molecule has 0 radical (unpaired) electrons. The van der Waals surface area contributed by atoms with Crippen LogP contribution in [0.5, 0.6) is 5.88 Å². The van der Waals surface area contributed by atoms with Crippen LogP contribution < -0.4 is 10.1 Å². The van der Waals surface area contributed by atoms with Crippen LogP contribution in [0.1, 0.15) is 6.92 Å². The third-order valence-corrected chi connectivity index (χ3v) is 1.48. The summed E-state index contributed by atoms with van der Waals surface area (Å²) in [6.45, 7) is 4.26. The van der Waals surface area contributed by atoms with E-state index in [1.54, 1.807) is 0 Å². The van der Waals surface area contributed by atoms with Crippen molar-refractivity contribution in [2.75, 3.05) is 19.7 Å². The maximum Gasteiger partial charge on any atom is 0.213 e. The Labute approximate surface area is 76.9 Å². The normalized spacial score (nSPS) is 10.0. The predicted octanol–water partition coefficient (Wildman–Crippen LogP) is 1.21. The lowest BCUT2D eigenvalue weighted by Gasteiger charge is -2.04. The number of ether oxygens (including phenoxy) is 1. The van der Waals surface area contributed by atoms with Gasteiger partial charge in [0, 0.05) is 12.6 Å². The standard InChI is InChI=1S/C9H13FN2O/c1-2-11-5-6-13-9-4-3-8(10)7-12-9/h3-4,7,11H,2,5-6H2,1H3. The van der Waals surface area contributed by atoms with Gasteiger partial charge in [0.15, 0.2) is 0 Å². The predicted molar refractivity (Wildman–Crippen MR) is 48.2 cm³/mol. The maximum absolute atomic E-state index is 12.4. The second kappa shape index (κ2) is 5.48. The summed E-state index contributed by atoms with van der Waals surface area (Å²) < 4.78 is 17.6. The van der Waals surface area contributed by atoms with Gasteiger partial charge in [0.1, 0.15) is 12.4 Å². The minimum atomic E-state index is -0.348. The minimum Gasteiger partial charge on any atom is -0.476 e. The van der Waals surface area contributed by atoms with Crippen LogP contribution in [0.4, 0.5) is 4.39 Å². The molecule has 1 aromatic heterocycles. The van der Waals surface area contributed by atoms with Crippen molar-refractivity contribution in [3.05, 3.63) is 24.1 Å². The number of hydrogen-bond donors (Lipinski definition) is 1. The summed E-state index contributed by atoms with van der Waals surface area (Å²) in [4.78, 5) is 3.75. The van der Waals surface area contributed by atoms with Crippen molar-refractivity contribution in [1.29, 1.82) is 0 Å². The molecule has 0 aromatic carbocycles. The Balaban J connectivity index is 2.25. The van der Waals surface area contributed by atoms with Crippen LogP contribution in [-0.4, -0.2) is 24.7 Å². The zero-order chi connectivity index (χ0) is 9.52. The van der Waals surface area contributed by atoms with Gasteiger partial charge in [-0.2, -0.15) is 0 Å². The van der Waals surface area contributed by atoms with E-state index in [2.05, 4.69) is 10.3 Å². The molecule has 0 saturated heterocycles. The van der Waals surface area contributed by atoms with E-state index in [1.165, 1.54) is 12.1 Å². The van der Waals surface area contributed by atoms with Gasteiger partial charge in [0.05, 0.1) is 6.20 Å². The second-order valence-electron chi connectivity index (χ2n) is 2.52. The lowest BCUT2D eigenvalue weighted by molar-refractivity contribution is 0.303. The molecule has 0 aliphatic heterocycles. The number of likely N-dealkylation sites (N-methyl/N-ethyl adjacent to an activating group) is 1. The Hall–Kier alpha value is -1.16. The van der Waals surface area contributed by atoms with Crippen molar-refractivity contribution in [2.45, 2.75) is 6.92 Å². The van der Waals surface area contributed by atoms with Gasteiger partial charge < -0.3 is 10.1 Å². The minimum absolute atomic E-state index is 0.348. The molecule has 4 heteroatoms. The zero-order valence-corrected chi connectivity index (χ0v) is 7.59. The number of nitrogens with one attached hydrogen (secondary N) is 1. The van der Waals surface area contributed by atoms with Gasteiger partial charge in [-0.15, -0.1) is 0 Å². The monoisotopic (exact) mass is 184 g/mol. The fraction of sp³-hybridized carbons (Fsp3) is 0.444. The van der Waals surface area contributed by atoms with E-state index in [9.17, 15) is 4.39 Å². The highest BCUT2D eigenvalue weighted by Gasteiger charge is 1.94. The van der Waals surface area contributed by atoms with Gasteiger partial charge in [-0.1, -0.05) is 6.92 Å². The molecule has 0 aliphatic carbocycles. The smallest absolute Gasteiger partial charge is 0.213 e. The SMILES string of the molecule is CCNCCOc1ccc(F)cn1. The molecule has 1 rings (SSSR count). The van der Waals surface area contributed by atoms with Crippen molar-refractivity contribution in [3.63, 3.8) is 0 Å². The number of nitrogens with zero attached hydrogens (tertiary/aromatic N) is 1. The van der Waals surface area contributed by atoms with Gasteiger partial charge >= 0.3 is 0 Å². The van der Waals surface area contributed by atoms with E-state index >= 15 is 0 Å². The first-order valence-electron chi connectivity index (χ1n) is 4.28. The highest BCUT2D eigenvalue weighted by atomic mass is 19.1. The molecule has 1 aromatic rings. The summed E-state index contributed by atoms with van der Waals surface area (Å²) in [5.74, 6) is 0.110. The van der Waals surface area contributed by atoms with Crippen LogP contribution >= 0.6 is 0 Å². The van der Waals surface area contributed by atoms with Crippen LogP contribution in [0.25, 0.3) is 0 Å². The van der Waals surface area contributed by atoms with Crippen molar-refractivity contribution < 1.29 is 9.13 Å². The summed E-state index contributed by atoms with van der Waals surface area (Å²) in [6.07, 6.45) is 1.14. The molecule has 0 bridgehead atoms. The zero-order valence-electron chi connectivity index (χ0n) is 7.59. The first-order chi connectivity index (χ1) is 6.33. The fourth-order valence-corrected chi connectivity index (χ4v) is 0.852. The molecule has 0 aliphatic rings. The molecular formula is C9H13FN2O. The van der Waals surface area contributed by atoms with E-state index in [1.807, 2.05) is 6.92 Å². The topological polar surface area (TPSA) is 34.1 Å². The number of rotatable bonds is 5. The van der Waals surface area contributed by atoms with Crippen LogP contribution in [0, 0.1) is 5.82 Å². The van der Waals surface area contributed by atoms with Crippen LogP contribution in [0.3, 0.4) is 0 Å². The molecule has 72 valence electrons. The molecule has 0 spiro atoms. The van der Waals surface area contributed by atoms with Crippen molar-refractivity contribution in [3.8, 4) is 5.88 Å². The van der Waals surface area contributed by atoms with E-state index in [4.69, 9.17) is 4.74 Å². The summed E-state index contributed by atoms with van der Waals surface area (Å²) in [5, 5.41) is 3.10. The second-order valence-corrected chi connectivity index (χ2v) is 2.52. The molecule has 0 saturated carbocycles. The molecule has 0 amide bonds. The van der Waals surface area contributed by atoms with E-state index in [-0.39, 0.29) is 5.82 Å². The summed E-state index contributed by atoms with van der Waals surface area (Å²) >= 11 is 0. The largest absolute Gasteiger partial charge is 0.476 e. The lowest BCUT2D eigenvalue weighted by Crippen LogP contribution is -2.20. The van der Waals surface area contributed by atoms with Crippen LogP contribution in [0.2, 0.25) is 0 Å². The number of aromatic nitrogens is 1. The maximum atomic E-state index is 12.4. The molecular weight excluding hydrogens is 171 g/mol. The van der Waals surface area contributed by atoms with E-state index in [0.29, 0.717) is 12.5 Å². The number of halogens is 1. The Morgan fingerprint density at radius 1 is 1.54 bits per heavy atom. The number of hydrogen-bond acceptors (Lipinski definition) is 3. The van der Waals surface area contributed by atoms with Crippen LogP contribution in [0.15, 0.2) is 18.3 Å². The molecule has 0 unspecified atom stereocenters. The average molecular weight is 184 g/mol. The van der Waals surface area contributed by atoms with E-state index < -0.39 is 0 Å². The third-order valence-electron chi connectivity index (χ3n) is 1.48. The van der Waals surface area contributed by atoms with Gasteiger partial charge in [-0.3, -0.25) is 0 Å². The highest BCUT2D eigenvalue weighted by Crippen LogP contribution is 2.05. The Morgan fingerprint density at radius 2 is 2.38 bits per heavy atom. The van der Waals surface area contributed by atoms with Gasteiger partial charge in [0.25, 0.3) is 0 Å². The summed E-state index contributed by atoms with van der Waals surface area (Å²) in [5.41, 5.74) is 0. The number of pyridine rings is 1. The molecule has 3 nitrogen and oxygen atoms in total. The van der Waals surface area contributed by atoms with Crippen molar-refractivity contribution >= 4 is 0 Å². The Bertz CT molecular complexity index is 238.